The largest absolute Gasteiger partial charge is 0.392 e. The number of nitro groups is 1. The van der Waals surface area contributed by atoms with E-state index in [2.05, 4.69) is 5.32 Å². The molecule has 0 radical (unpaired) electrons. The standard InChI is InChI=1S/C9H13N3O5S/c1-6(13)5-11-8-3-2-7(12(14)15)4-9(8)18(10,16)17/h2-4,6,11,13H,5H2,1H3,(H2,10,16,17). The molecule has 4 N–H and O–H groups in total. The SMILES string of the molecule is CC(O)CNc1ccc([N+](=O)[O-])cc1S(N)(=O)=O. The number of primary sulfonamides is 1. The van der Waals surface area contributed by atoms with E-state index in [0.717, 1.165) is 12.1 Å². The molecule has 0 spiro atoms. The summed E-state index contributed by atoms with van der Waals surface area (Å²) in [4.78, 5) is 9.47. The van der Waals surface area contributed by atoms with Gasteiger partial charge in [0.1, 0.15) is 4.90 Å². The van der Waals surface area contributed by atoms with Crippen molar-refractivity contribution in [1.82, 2.24) is 0 Å². The molecule has 1 aromatic rings. The third kappa shape index (κ3) is 3.65. The maximum atomic E-state index is 11.3. The molecule has 0 aliphatic heterocycles. The number of hydrogen-bond acceptors (Lipinski definition) is 6. The fourth-order valence-electron chi connectivity index (χ4n) is 1.26. The van der Waals surface area contributed by atoms with Crippen molar-refractivity contribution in [2.24, 2.45) is 5.14 Å². The van der Waals surface area contributed by atoms with Gasteiger partial charge in [0.2, 0.25) is 10.0 Å². The van der Waals surface area contributed by atoms with Gasteiger partial charge in [0.15, 0.2) is 0 Å². The maximum Gasteiger partial charge on any atom is 0.270 e. The van der Waals surface area contributed by atoms with E-state index in [9.17, 15) is 18.5 Å². The summed E-state index contributed by atoms with van der Waals surface area (Å²) in [5.41, 5.74) is -0.259. The van der Waals surface area contributed by atoms with Crippen LogP contribution in [0.15, 0.2) is 23.1 Å². The highest BCUT2D eigenvalue weighted by atomic mass is 32.2. The predicted molar refractivity (Wildman–Crippen MR) is 64.6 cm³/mol. The Balaban J connectivity index is 3.22. The van der Waals surface area contributed by atoms with Crippen molar-refractivity contribution in [2.75, 3.05) is 11.9 Å². The molecular formula is C9H13N3O5S. The van der Waals surface area contributed by atoms with E-state index in [-0.39, 0.29) is 22.8 Å². The lowest BCUT2D eigenvalue weighted by Crippen LogP contribution is -2.19. The Labute approximate surface area is 104 Å². The van der Waals surface area contributed by atoms with Crippen molar-refractivity contribution in [2.45, 2.75) is 17.9 Å². The molecule has 18 heavy (non-hydrogen) atoms. The van der Waals surface area contributed by atoms with Gasteiger partial charge in [-0.1, -0.05) is 0 Å². The fraction of sp³-hybridized carbons (Fsp3) is 0.333. The first kappa shape index (κ1) is 14.4. The smallest absolute Gasteiger partial charge is 0.270 e. The number of sulfonamides is 1. The third-order valence-corrected chi connectivity index (χ3v) is 3.02. The summed E-state index contributed by atoms with van der Waals surface area (Å²) in [6.45, 7) is 1.61. The van der Waals surface area contributed by atoms with Gasteiger partial charge in [0, 0.05) is 18.7 Å². The third-order valence-electron chi connectivity index (χ3n) is 2.07. The lowest BCUT2D eigenvalue weighted by atomic mass is 10.2. The Morgan fingerprint density at radius 3 is 2.61 bits per heavy atom. The lowest BCUT2D eigenvalue weighted by molar-refractivity contribution is -0.385. The van der Waals surface area contributed by atoms with Gasteiger partial charge < -0.3 is 10.4 Å². The number of nitrogens with two attached hydrogens (primary N) is 1. The van der Waals surface area contributed by atoms with Crippen molar-refractivity contribution in [3.63, 3.8) is 0 Å². The van der Waals surface area contributed by atoms with Crippen molar-refractivity contribution >= 4 is 21.4 Å². The van der Waals surface area contributed by atoms with Gasteiger partial charge in [-0.2, -0.15) is 0 Å². The minimum atomic E-state index is -4.09. The molecule has 0 saturated carbocycles. The normalized spacial score (nSPS) is 13.1. The molecule has 1 aromatic carbocycles. The van der Waals surface area contributed by atoms with E-state index in [4.69, 9.17) is 10.2 Å². The van der Waals surface area contributed by atoms with Crippen molar-refractivity contribution in [1.29, 1.82) is 0 Å². The average Bonchev–Trinajstić information content (AvgIpc) is 2.24. The minimum Gasteiger partial charge on any atom is -0.392 e. The first-order chi connectivity index (χ1) is 8.21. The molecule has 1 rings (SSSR count). The van der Waals surface area contributed by atoms with E-state index in [1.54, 1.807) is 0 Å². The monoisotopic (exact) mass is 275 g/mol. The maximum absolute atomic E-state index is 11.3. The molecule has 0 aliphatic rings. The van der Waals surface area contributed by atoms with Crippen molar-refractivity contribution in [3.05, 3.63) is 28.3 Å². The van der Waals surface area contributed by atoms with Crippen LogP contribution in [0.3, 0.4) is 0 Å². The summed E-state index contributed by atoms with van der Waals surface area (Å²) in [5.74, 6) is 0. The minimum absolute atomic E-state index is 0.0976. The van der Waals surface area contributed by atoms with Gasteiger partial charge in [-0.15, -0.1) is 0 Å². The van der Waals surface area contributed by atoms with Crippen LogP contribution in [0.1, 0.15) is 6.92 Å². The van der Waals surface area contributed by atoms with Gasteiger partial charge in [-0.05, 0) is 13.0 Å². The zero-order valence-electron chi connectivity index (χ0n) is 9.53. The number of rotatable bonds is 5. The molecule has 1 atom stereocenters. The van der Waals surface area contributed by atoms with Gasteiger partial charge in [0.05, 0.1) is 16.7 Å². The molecule has 0 amide bonds. The summed E-state index contributed by atoms with van der Waals surface area (Å²) in [7, 11) is -4.09. The van der Waals surface area contributed by atoms with E-state index in [1.165, 1.54) is 13.0 Å². The number of aliphatic hydroxyl groups is 1. The molecule has 100 valence electrons. The summed E-state index contributed by atoms with van der Waals surface area (Å²) in [6.07, 6.45) is -0.700. The average molecular weight is 275 g/mol. The van der Waals surface area contributed by atoms with Crippen LogP contribution >= 0.6 is 0 Å². The molecule has 0 fully saturated rings. The van der Waals surface area contributed by atoms with Crippen molar-refractivity contribution in [3.8, 4) is 0 Å². The summed E-state index contributed by atoms with van der Waals surface area (Å²) >= 11 is 0. The Morgan fingerprint density at radius 1 is 1.56 bits per heavy atom. The highest BCUT2D eigenvalue weighted by Gasteiger charge is 2.18. The van der Waals surface area contributed by atoms with Crippen LogP contribution in [0.5, 0.6) is 0 Å². The highest BCUT2D eigenvalue weighted by Crippen LogP contribution is 2.25. The van der Waals surface area contributed by atoms with Gasteiger partial charge in [0.25, 0.3) is 5.69 Å². The van der Waals surface area contributed by atoms with Gasteiger partial charge in [-0.3, -0.25) is 10.1 Å². The van der Waals surface area contributed by atoms with Crippen LogP contribution in [-0.4, -0.2) is 31.1 Å². The first-order valence-electron chi connectivity index (χ1n) is 4.95. The van der Waals surface area contributed by atoms with Crippen LogP contribution < -0.4 is 10.5 Å². The Bertz CT molecular complexity index is 555. The summed E-state index contributed by atoms with van der Waals surface area (Å²) in [5, 5.41) is 27.3. The topological polar surface area (TPSA) is 136 Å². The predicted octanol–water partition coefficient (Wildman–Crippen LogP) is 0.0349. The molecule has 0 aliphatic carbocycles. The number of nitro benzene ring substituents is 1. The molecule has 8 nitrogen and oxygen atoms in total. The Morgan fingerprint density at radius 2 is 2.17 bits per heavy atom. The Kier molecular flexibility index (Phi) is 4.22. The summed E-state index contributed by atoms with van der Waals surface area (Å²) in [6, 6.07) is 3.26. The number of aliphatic hydroxyl groups excluding tert-OH is 1. The van der Waals surface area contributed by atoms with E-state index in [1.807, 2.05) is 0 Å². The van der Waals surface area contributed by atoms with Gasteiger partial charge >= 0.3 is 0 Å². The zero-order chi connectivity index (χ0) is 13.9. The zero-order valence-corrected chi connectivity index (χ0v) is 10.3. The number of anilines is 1. The van der Waals surface area contributed by atoms with Crippen LogP contribution in [0.2, 0.25) is 0 Å². The number of benzene rings is 1. The fourth-order valence-corrected chi connectivity index (χ4v) is 2.00. The van der Waals surface area contributed by atoms with E-state index >= 15 is 0 Å². The molecule has 1 unspecified atom stereocenters. The van der Waals surface area contributed by atoms with Gasteiger partial charge in [-0.25, -0.2) is 13.6 Å². The highest BCUT2D eigenvalue weighted by molar-refractivity contribution is 7.89. The van der Waals surface area contributed by atoms with E-state index < -0.39 is 21.1 Å². The molecule has 0 aromatic heterocycles. The van der Waals surface area contributed by atoms with Crippen LogP contribution in [0.4, 0.5) is 11.4 Å². The molecule has 0 heterocycles. The second-order valence-corrected chi connectivity index (χ2v) is 5.24. The molecular weight excluding hydrogens is 262 g/mol. The van der Waals surface area contributed by atoms with E-state index in [0.29, 0.717) is 0 Å². The summed E-state index contributed by atoms with van der Waals surface area (Å²) < 4.78 is 22.7. The second kappa shape index (κ2) is 5.29. The number of nitrogens with zero attached hydrogens (tertiary/aromatic N) is 1. The lowest BCUT2D eigenvalue weighted by Gasteiger charge is -2.11. The molecule has 0 saturated heterocycles. The second-order valence-electron chi connectivity index (χ2n) is 3.71. The Hall–Kier alpha value is -1.71. The van der Waals surface area contributed by atoms with Crippen LogP contribution in [0, 0.1) is 10.1 Å². The van der Waals surface area contributed by atoms with Crippen molar-refractivity contribution < 1.29 is 18.4 Å². The number of nitrogens with one attached hydrogen (secondary N) is 1. The molecule has 9 heteroatoms. The molecule has 0 bridgehead atoms. The van der Waals surface area contributed by atoms with Crippen LogP contribution in [-0.2, 0) is 10.0 Å². The number of hydrogen-bond donors (Lipinski definition) is 3. The quantitative estimate of drug-likeness (QED) is 0.512. The number of non-ortho nitro benzene ring substituents is 1. The van der Waals surface area contributed by atoms with Crippen LogP contribution in [0.25, 0.3) is 0 Å². The first-order valence-corrected chi connectivity index (χ1v) is 6.49.